The molecule has 8 nitrogen and oxygen atoms in total. The third-order valence-corrected chi connectivity index (χ3v) is 8.50. The number of sulfonamides is 1. The highest BCUT2D eigenvalue weighted by Crippen LogP contribution is 2.23. The van der Waals surface area contributed by atoms with Crippen molar-refractivity contribution in [1.82, 2.24) is 10.2 Å². The largest absolute Gasteiger partial charge is 0.497 e. The maximum atomic E-state index is 13.9. The van der Waals surface area contributed by atoms with Crippen LogP contribution in [0.5, 0.6) is 5.75 Å². The van der Waals surface area contributed by atoms with Crippen LogP contribution >= 0.6 is 11.6 Å². The second-order valence-electron chi connectivity index (χ2n) is 10.3. The Morgan fingerprint density at radius 2 is 1.60 bits per heavy atom. The fourth-order valence-electron chi connectivity index (χ4n) is 4.53. The van der Waals surface area contributed by atoms with E-state index in [9.17, 15) is 18.0 Å². The van der Waals surface area contributed by atoms with Crippen LogP contribution in [0.2, 0.25) is 5.02 Å². The van der Waals surface area contributed by atoms with Crippen LogP contribution in [0.3, 0.4) is 0 Å². The lowest BCUT2D eigenvalue weighted by molar-refractivity contribution is -0.141. The van der Waals surface area contributed by atoms with Crippen LogP contribution in [0.1, 0.15) is 44.2 Å². The fourth-order valence-corrected chi connectivity index (χ4v) is 5.63. The summed E-state index contributed by atoms with van der Waals surface area (Å²) >= 11 is 6.10. The lowest BCUT2D eigenvalue weighted by Crippen LogP contribution is -2.52. The van der Waals surface area contributed by atoms with Crippen molar-refractivity contribution in [2.45, 2.75) is 58.2 Å². The van der Waals surface area contributed by atoms with Crippen LogP contribution in [-0.4, -0.2) is 57.1 Å². The number of anilines is 1. The van der Waals surface area contributed by atoms with E-state index < -0.39 is 16.1 Å². The quantitative estimate of drug-likeness (QED) is 0.246. The topological polar surface area (TPSA) is 96.0 Å². The minimum absolute atomic E-state index is 0.0532. The van der Waals surface area contributed by atoms with E-state index in [0.717, 1.165) is 23.8 Å². The average molecular weight is 614 g/mol. The molecule has 0 saturated carbocycles. The fraction of sp³-hybridized carbons (Fsp3) is 0.375. The molecule has 0 saturated heterocycles. The lowest BCUT2D eigenvalue weighted by atomic mass is 10.0. The van der Waals surface area contributed by atoms with Gasteiger partial charge in [0.1, 0.15) is 11.8 Å². The zero-order valence-corrected chi connectivity index (χ0v) is 26.2. The molecule has 0 spiro atoms. The van der Waals surface area contributed by atoms with E-state index in [1.165, 1.54) is 4.31 Å². The first-order valence-electron chi connectivity index (χ1n) is 14.0. The Kier molecular flexibility index (Phi) is 12.2. The highest BCUT2D eigenvalue weighted by molar-refractivity contribution is 7.92. The van der Waals surface area contributed by atoms with E-state index in [2.05, 4.69) is 5.32 Å². The minimum atomic E-state index is -3.60. The van der Waals surface area contributed by atoms with Gasteiger partial charge in [0.2, 0.25) is 21.8 Å². The van der Waals surface area contributed by atoms with E-state index in [1.54, 1.807) is 48.4 Å². The molecule has 226 valence electrons. The molecule has 3 rings (SSSR count). The number of carbonyl (C=O) groups excluding carboxylic acids is 2. The Labute approximate surface area is 254 Å². The van der Waals surface area contributed by atoms with Crippen molar-refractivity contribution in [3.05, 3.63) is 95.0 Å². The number of nitrogens with zero attached hydrogens (tertiary/aromatic N) is 2. The van der Waals surface area contributed by atoms with Crippen LogP contribution in [0.15, 0.2) is 78.9 Å². The first-order chi connectivity index (χ1) is 20.0. The third kappa shape index (κ3) is 9.77. The molecule has 0 fully saturated rings. The SMILES string of the molecule is CC[C@@H](C)NC(=O)[C@@H](Cc1ccccc1)N(Cc1ccc(Cl)cc1)C(=O)CCCN(c1ccc(OC)cc1)S(C)(=O)=O. The van der Waals surface area contributed by atoms with Gasteiger partial charge in [-0.05, 0) is 67.3 Å². The van der Waals surface area contributed by atoms with Gasteiger partial charge in [0.15, 0.2) is 0 Å². The van der Waals surface area contributed by atoms with Crippen molar-refractivity contribution in [2.75, 3.05) is 24.2 Å². The standard InChI is InChI=1S/C32H40ClN3O5S/c1-5-24(2)34-32(38)30(22-25-10-7-6-8-11-25)35(23-26-13-15-27(33)16-14-26)31(37)12-9-21-36(42(4,39)40)28-17-19-29(41-3)20-18-28/h6-8,10-11,13-20,24,30H,5,9,12,21-23H2,1-4H3,(H,34,38)/t24-,30-/m1/s1. The normalized spacial score (nSPS) is 12.7. The number of methoxy groups -OCH3 is 1. The molecule has 0 aromatic heterocycles. The summed E-state index contributed by atoms with van der Waals surface area (Å²) in [5, 5.41) is 3.63. The Morgan fingerprint density at radius 1 is 0.952 bits per heavy atom. The molecule has 0 bridgehead atoms. The van der Waals surface area contributed by atoms with Crippen molar-refractivity contribution < 1.29 is 22.7 Å². The summed E-state index contributed by atoms with van der Waals surface area (Å²) in [7, 11) is -2.06. The third-order valence-electron chi connectivity index (χ3n) is 7.05. The minimum Gasteiger partial charge on any atom is -0.497 e. The van der Waals surface area contributed by atoms with Gasteiger partial charge in [0, 0.05) is 37.0 Å². The molecule has 42 heavy (non-hydrogen) atoms. The molecule has 1 N–H and O–H groups in total. The molecular weight excluding hydrogens is 574 g/mol. The second kappa shape index (κ2) is 15.6. The van der Waals surface area contributed by atoms with Gasteiger partial charge in [0.05, 0.1) is 19.1 Å². The molecule has 2 atom stereocenters. The van der Waals surface area contributed by atoms with Gasteiger partial charge >= 0.3 is 0 Å². The van der Waals surface area contributed by atoms with Crippen molar-refractivity contribution >= 4 is 39.1 Å². The number of nitrogens with one attached hydrogen (secondary N) is 1. The Morgan fingerprint density at radius 3 is 2.17 bits per heavy atom. The Balaban J connectivity index is 1.87. The molecule has 0 heterocycles. The van der Waals surface area contributed by atoms with E-state index in [1.807, 2.05) is 56.3 Å². The maximum absolute atomic E-state index is 13.9. The number of amides is 2. The second-order valence-corrected chi connectivity index (χ2v) is 12.7. The summed E-state index contributed by atoms with van der Waals surface area (Å²) in [6.07, 6.45) is 2.55. The lowest BCUT2D eigenvalue weighted by Gasteiger charge is -2.32. The summed E-state index contributed by atoms with van der Waals surface area (Å²) in [6.45, 7) is 4.23. The van der Waals surface area contributed by atoms with Gasteiger partial charge in [0.25, 0.3) is 0 Å². The summed E-state index contributed by atoms with van der Waals surface area (Å²) in [5.41, 5.74) is 2.25. The van der Waals surface area contributed by atoms with Crippen LogP contribution in [0.4, 0.5) is 5.69 Å². The Hall–Kier alpha value is -3.56. The van der Waals surface area contributed by atoms with Crippen LogP contribution in [0, 0.1) is 0 Å². The molecule has 10 heteroatoms. The van der Waals surface area contributed by atoms with E-state index in [4.69, 9.17) is 16.3 Å². The van der Waals surface area contributed by atoms with Crippen molar-refractivity contribution in [3.8, 4) is 5.75 Å². The first-order valence-corrected chi connectivity index (χ1v) is 16.2. The molecule has 0 radical (unpaired) electrons. The van der Waals surface area contributed by atoms with Gasteiger partial charge in [-0.2, -0.15) is 0 Å². The van der Waals surface area contributed by atoms with E-state index >= 15 is 0 Å². The highest BCUT2D eigenvalue weighted by atomic mass is 35.5. The number of carbonyl (C=O) groups is 2. The van der Waals surface area contributed by atoms with Crippen molar-refractivity contribution in [2.24, 2.45) is 0 Å². The molecule has 3 aromatic carbocycles. The van der Waals surface area contributed by atoms with E-state index in [0.29, 0.717) is 22.9 Å². The van der Waals surface area contributed by atoms with Gasteiger partial charge in [-0.15, -0.1) is 0 Å². The monoisotopic (exact) mass is 613 g/mol. The molecule has 3 aromatic rings. The number of rotatable bonds is 15. The number of benzene rings is 3. The first kappa shape index (κ1) is 32.9. The number of ether oxygens (including phenoxy) is 1. The molecule has 0 aliphatic rings. The van der Waals surface area contributed by atoms with Crippen molar-refractivity contribution in [1.29, 1.82) is 0 Å². The summed E-state index contributed by atoms with van der Waals surface area (Å²) in [6, 6.07) is 22.7. The summed E-state index contributed by atoms with van der Waals surface area (Å²) < 4.78 is 31.7. The van der Waals surface area contributed by atoms with Crippen LogP contribution in [0.25, 0.3) is 0 Å². The Bertz CT molecular complexity index is 1400. The number of halogens is 1. The van der Waals surface area contributed by atoms with Gasteiger partial charge < -0.3 is 15.0 Å². The van der Waals surface area contributed by atoms with Gasteiger partial charge in [-0.3, -0.25) is 13.9 Å². The molecule has 0 aliphatic heterocycles. The van der Waals surface area contributed by atoms with Gasteiger partial charge in [-0.1, -0.05) is 61.0 Å². The summed E-state index contributed by atoms with van der Waals surface area (Å²) in [5.74, 6) is 0.139. The van der Waals surface area contributed by atoms with Crippen LogP contribution in [-0.2, 0) is 32.6 Å². The number of hydrogen-bond acceptors (Lipinski definition) is 5. The van der Waals surface area contributed by atoms with Crippen LogP contribution < -0.4 is 14.4 Å². The zero-order chi connectivity index (χ0) is 30.7. The average Bonchev–Trinajstić information content (AvgIpc) is 2.97. The maximum Gasteiger partial charge on any atom is 0.243 e. The zero-order valence-electron chi connectivity index (χ0n) is 24.6. The molecule has 2 amide bonds. The predicted molar refractivity (Wildman–Crippen MR) is 168 cm³/mol. The van der Waals surface area contributed by atoms with Crippen molar-refractivity contribution in [3.63, 3.8) is 0 Å². The van der Waals surface area contributed by atoms with E-state index in [-0.39, 0.29) is 43.8 Å². The number of hydrogen-bond donors (Lipinski definition) is 1. The summed E-state index contributed by atoms with van der Waals surface area (Å²) in [4.78, 5) is 29.1. The predicted octanol–water partition coefficient (Wildman–Crippen LogP) is 5.45. The smallest absolute Gasteiger partial charge is 0.243 e. The molecular formula is C32H40ClN3O5S. The molecule has 0 unspecified atom stereocenters. The molecule has 0 aliphatic carbocycles. The highest BCUT2D eigenvalue weighted by Gasteiger charge is 2.31. The van der Waals surface area contributed by atoms with Gasteiger partial charge in [-0.25, -0.2) is 8.42 Å².